The number of rotatable bonds is 8. The Morgan fingerprint density at radius 3 is 2.81 bits per heavy atom. The standard InChI is InChI=1S/C14H18BrN3O3/c1-3-16-7-10-5-11(15)14(12(6-10)19-4-2)20-8-13-17-9-21-18-13/h5-6,9,16H,3-4,7-8H2,1-2H3. The van der Waals surface area contributed by atoms with Gasteiger partial charge in [0.2, 0.25) is 12.2 Å². The normalized spacial score (nSPS) is 10.6. The van der Waals surface area contributed by atoms with Crippen molar-refractivity contribution in [2.45, 2.75) is 27.0 Å². The Morgan fingerprint density at radius 1 is 1.29 bits per heavy atom. The SMILES string of the molecule is CCNCc1cc(Br)c(OCc2ncon2)c(OCC)c1. The monoisotopic (exact) mass is 355 g/mol. The van der Waals surface area contributed by atoms with Crippen LogP contribution in [-0.4, -0.2) is 23.3 Å². The first-order valence-corrected chi connectivity index (χ1v) is 7.57. The van der Waals surface area contributed by atoms with Gasteiger partial charge in [-0.15, -0.1) is 0 Å². The molecule has 0 unspecified atom stereocenters. The second-order valence-corrected chi connectivity index (χ2v) is 5.11. The van der Waals surface area contributed by atoms with Gasteiger partial charge in [0.25, 0.3) is 0 Å². The molecule has 0 aliphatic rings. The summed E-state index contributed by atoms with van der Waals surface area (Å²) in [6.45, 7) is 6.49. The molecular weight excluding hydrogens is 338 g/mol. The number of aromatic nitrogens is 2. The van der Waals surface area contributed by atoms with Crippen molar-refractivity contribution in [2.24, 2.45) is 0 Å². The van der Waals surface area contributed by atoms with E-state index in [1.54, 1.807) is 0 Å². The zero-order valence-corrected chi connectivity index (χ0v) is 13.6. The third kappa shape index (κ3) is 4.44. The van der Waals surface area contributed by atoms with Gasteiger partial charge in [-0.3, -0.25) is 0 Å². The molecule has 114 valence electrons. The van der Waals surface area contributed by atoms with Crippen LogP contribution in [0, 0.1) is 0 Å². The van der Waals surface area contributed by atoms with Crippen molar-refractivity contribution < 1.29 is 14.0 Å². The van der Waals surface area contributed by atoms with Gasteiger partial charge in [0.1, 0.15) is 0 Å². The van der Waals surface area contributed by atoms with E-state index in [0.29, 0.717) is 23.9 Å². The Balaban J connectivity index is 2.17. The number of halogens is 1. The first-order chi connectivity index (χ1) is 10.2. The predicted octanol–water partition coefficient (Wildman–Crippen LogP) is 2.92. The molecule has 21 heavy (non-hydrogen) atoms. The summed E-state index contributed by atoms with van der Waals surface area (Å²) in [5, 5.41) is 7.00. The molecule has 1 N–H and O–H groups in total. The Bertz CT molecular complexity index is 561. The van der Waals surface area contributed by atoms with Gasteiger partial charge < -0.3 is 19.3 Å². The third-order valence-corrected chi connectivity index (χ3v) is 3.29. The molecule has 0 aliphatic heterocycles. The minimum absolute atomic E-state index is 0.224. The minimum Gasteiger partial charge on any atom is -0.490 e. The van der Waals surface area contributed by atoms with Crippen LogP contribution in [0.4, 0.5) is 0 Å². The van der Waals surface area contributed by atoms with Crippen molar-refractivity contribution in [3.63, 3.8) is 0 Å². The van der Waals surface area contributed by atoms with Crippen LogP contribution in [0.15, 0.2) is 27.5 Å². The minimum atomic E-state index is 0.224. The van der Waals surface area contributed by atoms with E-state index in [9.17, 15) is 0 Å². The summed E-state index contributed by atoms with van der Waals surface area (Å²) in [4.78, 5) is 3.93. The molecule has 7 heteroatoms. The van der Waals surface area contributed by atoms with Crippen molar-refractivity contribution in [2.75, 3.05) is 13.2 Å². The Hall–Kier alpha value is -1.60. The van der Waals surface area contributed by atoms with E-state index >= 15 is 0 Å². The summed E-state index contributed by atoms with van der Waals surface area (Å²) < 4.78 is 16.9. The van der Waals surface area contributed by atoms with Crippen molar-refractivity contribution in [1.29, 1.82) is 0 Å². The number of benzene rings is 1. The quantitative estimate of drug-likeness (QED) is 0.784. The number of hydrogen-bond acceptors (Lipinski definition) is 6. The molecule has 1 aromatic carbocycles. The van der Waals surface area contributed by atoms with Gasteiger partial charge in [-0.2, -0.15) is 4.98 Å². The largest absolute Gasteiger partial charge is 0.490 e. The summed E-state index contributed by atoms with van der Waals surface area (Å²) in [5.41, 5.74) is 1.12. The van der Waals surface area contributed by atoms with Crippen LogP contribution in [-0.2, 0) is 13.2 Å². The summed E-state index contributed by atoms with van der Waals surface area (Å²) in [6, 6.07) is 3.99. The van der Waals surface area contributed by atoms with Crippen molar-refractivity contribution >= 4 is 15.9 Å². The second-order valence-electron chi connectivity index (χ2n) is 4.25. The van der Waals surface area contributed by atoms with Gasteiger partial charge in [0, 0.05) is 6.54 Å². The lowest BCUT2D eigenvalue weighted by molar-refractivity contribution is 0.256. The van der Waals surface area contributed by atoms with Crippen LogP contribution in [0.25, 0.3) is 0 Å². The maximum atomic E-state index is 5.75. The highest BCUT2D eigenvalue weighted by Crippen LogP contribution is 2.37. The highest BCUT2D eigenvalue weighted by atomic mass is 79.9. The first-order valence-electron chi connectivity index (χ1n) is 6.78. The Morgan fingerprint density at radius 2 is 2.14 bits per heavy atom. The fourth-order valence-electron chi connectivity index (χ4n) is 1.79. The third-order valence-electron chi connectivity index (χ3n) is 2.70. The zero-order chi connectivity index (χ0) is 15.1. The highest BCUT2D eigenvalue weighted by Gasteiger charge is 2.13. The molecule has 0 amide bonds. The lowest BCUT2D eigenvalue weighted by Crippen LogP contribution is -2.12. The van der Waals surface area contributed by atoms with E-state index in [1.807, 2.05) is 19.1 Å². The summed E-state index contributed by atoms with van der Waals surface area (Å²) >= 11 is 3.53. The van der Waals surface area contributed by atoms with E-state index < -0.39 is 0 Å². The Labute approximate surface area is 132 Å². The predicted molar refractivity (Wildman–Crippen MR) is 81.3 cm³/mol. The molecule has 0 atom stereocenters. The molecule has 0 radical (unpaired) electrons. The van der Waals surface area contributed by atoms with E-state index in [4.69, 9.17) is 9.47 Å². The van der Waals surface area contributed by atoms with Gasteiger partial charge in [-0.05, 0) is 47.1 Å². The maximum absolute atomic E-state index is 5.75. The van der Waals surface area contributed by atoms with E-state index in [0.717, 1.165) is 23.1 Å². The smallest absolute Gasteiger partial charge is 0.213 e. The van der Waals surface area contributed by atoms with Crippen LogP contribution in [0.5, 0.6) is 11.5 Å². The number of ether oxygens (including phenoxy) is 2. The van der Waals surface area contributed by atoms with Gasteiger partial charge in [-0.1, -0.05) is 12.1 Å². The number of hydrogen-bond donors (Lipinski definition) is 1. The van der Waals surface area contributed by atoms with E-state index in [1.165, 1.54) is 6.39 Å². The lowest BCUT2D eigenvalue weighted by Gasteiger charge is -2.15. The summed E-state index contributed by atoms with van der Waals surface area (Å²) in [7, 11) is 0. The molecule has 0 fully saturated rings. The van der Waals surface area contributed by atoms with Crippen LogP contribution in [0.3, 0.4) is 0 Å². The molecule has 0 spiro atoms. The van der Waals surface area contributed by atoms with Gasteiger partial charge in [0.15, 0.2) is 18.1 Å². The molecule has 0 saturated carbocycles. The molecule has 2 rings (SSSR count). The van der Waals surface area contributed by atoms with Crippen LogP contribution >= 0.6 is 15.9 Å². The first kappa shape index (κ1) is 15.8. The van der Waals surface area contributed by atoms with Crippen molar-refractivity contribution in [1.82, 2.24) is 15.5 Å². The summed E-state index contributed by atoms with van der Waals surface area (Å²) in [5.74, 6) is 1.83. The summed E-state index contributed by atoms with van der Waals surface area (Å²) in [6.07, 6.45) is 1.27. The maximum Gasteiger partial charge on any atom is 0.213 e. The molecule has 2 aromatic rings. The fourth-order valence-corrected chi connectivity index (χ4v) is 2.39. The van der Waals surface area contributed by atoms with E-state index in [-0.39, 0.29) is 6.61 Å². The molecule has 6 nitrogen and oxygen atoms in total. The highest BCUT2D eigenvalue weighted by molar-refractivity contribution is 9.10. The molecule has 1 heterocycles. The Kier molecular flexibility index (Phi) is 6.01. The van der Waals surface area contributed by atoms with Crippen LogP contribution in [0.2, 0.25) is 0 Å². The van der Waals surface area contributed by atoms with Crippen LogP contribution < -0.4 is 14.8 Å². The second kappa shape index (κ2) is 7.99. The van der Waals surface area contributed by atoms with Crippen LogP contribution in [0.1, 0.15) is 25.2 Å². The number of nitrogens with one attached hydrogen (secondary N) is 1. The van der Waals surface area contributed by atoms with Crippen molar-refractivity contribution in [3.05, 3.63) is 34.4 Å². The average Bonchev–Trinajstić information content (AvgIpc) is 2.98. The molecular formula is C14H18BrN3O3. The van der Waals surface area contributed by atoms with Gasteiger partial charge >= 0.3 is 0 Å². The topological polar surface area (TPSA) is 69.4 Å². The number of nitrogens with zero attached hydrogens (tertiary/aromatic N) is 2. The molecule has 0 aliphatic carbocycles. The zero-order valence-electron chi connectivity index (χ0n) is 12.1. The van der Waals surface area contributed by atoms with Gasteiger partial charge in [-0.25, -0.2) is 0 Å². The molecule has 0 saturated heterocycles. The van der Waals surface area contributed by atoms with E-state index in [2.05, 4.69) is 42.8 Å². The molecule has 1 aromatic heterocycles. The lowest BCUT2D eigenvalue weighted by atomic mass is 10.2. The van der Waals surface area contributed by atoms with Gasteiger partial charge in [0.05, 0.1) is 11.1 Å². The molecule has 0 bridgehead atoms. The fraction of sp³-hybridized carbons (Fsp3) is 0.429. The average molecular weight is 356 g/mol. The van der Waals surface area contributed by atoms with Crippen molar-refractivity contribution in [3.8, 4) is 11.5 Å².